The molecule has 3 N–H and O–H groups in total. The standard InChI is InChI=1S/C27H44O4/c1-5-6-18-22-15-17(28)11-13-27(22,4)21-12-14-26(3)19(16(2)7-10-23(29)30)8-9-20(26)24(21)25(18)31/h5,16-22,24-25,28,31H,1,6-15H2,2-4H3,(H,29,30)/t16-,17+,18+,19-,20+,21+,22+,24+,25+,26-,27-/m1/s1. The monoisotopic (exact) mass is 432 g/mol. The van der Waals surface area contributed by atoms with Crippen molar-refractivity contribution in [2.75, 3.05) is 0 Å². The lowest BCUT2D eigenvalue weighted by Gasteiger charge is -2.64. The van der Waals surface area contributed by atoms with Crippen molar-refractivity contribution in [1.29, 1.82) is 0 Å². The fraction of sp³-hybridized carbons (Fsp3) is 0.889. The predicted molar refractivity (Wildman–Crippen MR) is 122 cm³/mol. The van der Waals surface area contributed by atoms with Crippen LogP contribution in [0, 0.1) is 52.3 Å². The third-order valence-corrected chi connectivity index (χ3v) is 10.9. The van der Waals surface area contributed by atoms with Crippen LogP contribution in [0.15, 0.2) is 12.7 Å². The van der Waals surface area contributed by atoms with Crippen LogP contribution in [-0.2, 0) is 4.79 Å². The molecule has 0 amide bonds. The van der Waals surface area contributed by atoms with Crippen LogP contribution in [0.3, 0.4) is 0 Å². The zero-order valence-electron chi connectivity index (χ0n) is 19.8. The highest BCUT2D eigenvalue weighted by Crippen LogP contribution is 2.69. The van der Waals surface area contributed by atoms with Gasteiger partial charge in [0.25, 0.3) is 0 Å². The average Bonchev–Trinajstić information content (AvgIpc) is 3.07. The van der Waals surface area contributed by atoms with Gasteiger partial charge in [-0.2, -0.15) is 0 Å². The second-order valence-corrected chi connectivity index (χ2v) is 12.1. The molecule has 0 bridgehead atoms. The molecule has 11 atom stereocenters. The number of hydrogen-bond acceptors (Lipinski definition) is 3. The lowest BCUT2D eigenvalue weighted by Crippen LogP contribution is -2.62. The van der Waals surface area contributed by atoms with Crippen LogP contribution in [0.4, 0.5) is 0 Å². The van der Waals surface area contributed by atoms with Crippen molar-refractivity contribution in [3.8, 4) is 0 Å². The molecule has 0 aliphatic heterocycles. The van der Waals surface area contributed by atoms with Crippen LogP contribution in [0.5, 0.6) is 0 Å². The summed E-state index contributed by atoms with van der Waals surface area (Å²) in [6.07, 6.45) is 10.8. The molecular weight excluding hydrogens is 388 g/mol. The molecule has 4 aliphatic rings. The second-order valence-electron chi connectivity index (χ2n) is 12.1. The molecule has 0 unspecified atom stereocenters. The lowest BCUT2D eigenvalue weighted by atomic mass is 9.41. The summed E-state index contributed by atoms with van der Waals surface area (Å²) in [5, 5.41) is 31.4. The maximum atomic E-state index is 11.8. The summed E-state index contributed by atoms with van der Waals surface area (Å²) in [5.74, 6) is 2.25. The molecule has 0 saturated heterocycles. The van der Waals surface area contributed by atoms with Gasteiger partial charge >= 0.3 is 5.97 Å². The summed E-state index contributed by atoms with van der Waals surface area (Å²) in [6, 6.07) is 0. The fourth-order valence-corrected chi connectivity index (χ4v) is 9.46. The Morgan fingerprint density at radius 3 is 2.42 bits per heavy atom. The molecule has 4 saturated carbocycles. The summed E-state index contributed by atoms with van der Waals surface area (Å²) in [5.41, 5.74) is 0.404. The van der Waals surface area contributed by atoms with Gasteiger partial charge in [-0.1, -0.05) is 26.8 Å². The molecule has 4 aliphatic carbocycles. The molecule has 176 valence electrons. The van der Waals surface area contributed by atoms with Crippen molar-refractivity contribution >= 4 is 5.97 Å². The topological polar surface area (TPSA) is 77.8 Å². The Hall–Kier alpha value is -0.870. The van der Waals surface area contributed by atoms with Crippen LogP contribution in [0.1, 0.15) is 85.0 Å². The normalized spacial score (nSPS) is 50.1. The molecule has 0 aromatic heterocycles. The summed E-state index contributed by atoms with van der Waals surface area (Å²) in [7, 11) is 0. The van der Waals surface area contributed by atoms with E-state index in [0.29, 0.717) is 35.5 Å². The van der Waals surface area contributed by atoms with Crippen LogP contribution < -0.4 is 0 Å². The number of carboxylic acid groups (broad SMARTS) is 1. The third-order valence-electron chi connectivity index (χ3n) is 10.9. The van der Waals surface area contributed by atoms with Crippen molar-refractivity contribution in [1.82, 2.24) is 0 Å². The van der Waals surface area contributed by atoms with Crippen LogP contribution in [0.25, 0.3) is 0 Å². The van der Waals surface area contributed by atoms with Gasteiger partial charge in [-0.15, -0.1) is 6.58 Å². The average molecular weight is 433 g/mol. The van der Waals surface area contributed by atoms with Gasteiger partial charge in [0.15, 0.2) is 0 Å². The molecule has 4 nitrogen and oxygen atoms in total. The molecule has 0 aromatic rings. The van der Waals surface area contributed by atoms with Gasteiger partial charge in [0.1, 0.15) is 0 Å². The van der Waals surface area contributed by atoms with Gasteiger partial charge in [-0.3, -0.25) is 4.79 Å². The SMILES string of the molecule is C=CC[C@@H]1[C@H](O)[C@@H]2[C@H](CC[C@]3(C)[C@@H]([C@H](C)CCC(=O)O)CC[C@@H]23)[C@@]2(C)CC[C@H](O)C[C@@H]12. The molecule has 0 radical (unpaired) electrons. The van der Waals surface area contributed by atoms with E-state index in [1.165, 1.54) is 25.7 Å². The van der Waals surface area contributed by atoms with Crippen LogP contribution in [-0.4, -0.2) is 33.5 Å². The molecule has 4 fully saturated rings. The molecule has 4 heteroatoms. The van der Waals surface area contributed by atoms with Gasteiger partial charge in [0, 0.05) is 6.42 Å². The van der Waals surface area contributed by atoms with Crippen molar-refractivity contribution in [2.45, 2.75) is 97.2 Å². The number of carboxylic acids is 1. The summed E-state index contributed by atoms with van der Waals surface area (Å²) in [6.45, 7) is 11.2. The quantitative estimate of drug-likeness (QED) is 0.499. The van der Waals surface area contributed by atoms with Crippen molar-refractivity contribution in [2.24, 2.45) is 52.3 Å². The Kier molecular flexibility index (Phi) is 6.37. The second kappa shape index (κ2) is 8.48. The van der Waals surface area contributed by atoms with E-state index in [0.717, 1.165) is 32.1 Å². The van der Waals surface area contributed by atoms with Gasteiger partial charge in [-0.05, 0) is 110 Å². The summed E-state index contributed by atoms with van der Waals surface area (Å²) < 4.78 is 0. The van der Waals surface area contributed by atoms with E-state index in [9.17, 15) is 15.0 Å². The Morgan fingerprint density at radius 2 is 1.74 bits per heavy atom. The van der Waals surface area contributed by atoms with E-state index >= 15 is 0 Å². The summed E-state index contributed by atoms with van der Waals surface area (Å²) >= 11 is 0. The number of fused-ring (bicyclic) bond motifs is 5. The lowest BCUT2D eigenvalue weighted by molar-refractivity contribution is -0.202. The fourth-order valence-electron chi connectivity index (χ4n) is 9.46. The number of rotatable bonds is 6. The smallest absolute Gasteiger partial charge is 0.303 e. The highest BCUT2D eigenvalue weighted by Gasteiger charge is 2.64. The Labute approximate surface area is 188 Å². The predicted octanol–water partition coefficient (Wildman–Crippen LogP) is 5.28. The highest BCUT2D eigenvalue weighted by atomic mass is 16.4. The number of hydrogen-bond donors (Lipinski definition) is 3. The first kappa shape index (κ1) is 23.3. The molecular formula is C27H44O4. The minimum Gasteiger partial charge on any atom is -0.481 e. The van der Waals surface area contributed by atoms with E-state index in [2.05, 4.69) is 27.4 Å². The first-order valence-corrected chi connectivity index (χ1v) is 12.8. The molecule has 31 heavy (non-hydrogen) atoms. The number of aliphatic carboxylic acids is 1. The maximum absolute atomic E-state index is 11.8. The molecule has 0 heterocycles. The molecule has 0 aromatic carbocycles. The van der Waals surface area contributed by atoms with E-state index in [1.54, 1.807) is 0 Å². The summed E-state index contributed by atoms with van der Waals surface area (Å²) in [4.78, 5) is 11.1. The van der Waals surface area contributed by atoms with E-state index in [1.807, 2.05) is 6.08 Å². The van der Waals surface area contributed by atoms with Crippen molar-refractivity contribution in [3.63, 3.8) is 0 Å². The van der Waals surface area contributed by atoms with Crippen molar-refractivity contribution < 1.29 is 20.1 Å². The number of allylic oxidation sites excluding steroid dienone is 1. The zero-order chi connectivity index (χ0) is 22.6. The first-order chi connectivity index (χ1) is 14.6. The minimum absolute atomic E-state index is 0.199. The molecule has 0 spiro atoms. The Morgan fingerprint density at radius 1 is 1.06 bits per heavy atom. The van der Waals surface area contributed by atoms with Gasteiger partial charge in [0.2, 0.25) is 0 Å². The van der Waals surface area contributed by atoms with Gasteiger partial charge in [-0.25, -0.2) is 0 Å². The van der Waals surface area contributed by atoms with E-state index in [-0.39, 0.29) is 35.4 Å². The van der Waals surface area contributed by atoms with E-state index in [4.69, 9.17) is 5.11 Å². The number of aliphatic hydroxyl groups is 2. The Balaban J connectivity index is 1.63. The van der Waals surface area contributed by atoms with Gasteiger partial charge in [0.05, 0.1) is 12.2 Å². The number of aliphatic hydroxyl groups excluding tert-OH is 2. The van der Waals surface area contributed by atoms with Gasteiger partial charge < -0.3 is 15.3 Å². The highest BCUT2D eigenvalue weighted by molar-refractivity contribution is 5.66. The van der Waals surface area contributed by atoms with E-state index < -0.39 is 5.97 Å². The van der Waals surface area contributed by atoms with Crippen molar-refractivity contribution in [3.05, 3.63) is 12.7 Å². The largest absolute Gasteiger partial charge is 0.481 e. The van der Waals surface area contributed by atoms with Crippen LogP contribution in [0.2, 0.25) is 0 Å². The minimum atomic E-state index is -0.691. The van der Waals surface area contributed by atoms with Crippen LogP contribution >= 0.6 is 0 Å². The maximum Gasteiger partial charge on any atom is 0.303 e. The number of carbonyl (C=O) groups is 1. The zero-order valence-corrected chi connectivity index (χ0v) is 19.8. The first-order valence-electron chi connectivity index (χ1n) is 12.8. The third kappa shape index (κ3) is 3.70. The molecule has 4 rings (SSSR count). The Bertz CT molecular complexity index is 691.